The molecule has 19 heavy (non-hydrogen) atoms. The second-order valence-electron chi connectivity index (χ2n) is 4.41. The Balaban J connectivity index is 2.46. The molecule has 2 amide bonds. The van der Waals surface area contributed by atoms with Crippen molar-refractivity contribution in [3.8, 4) is 0 Å². The van der Waals surface area contributed by atoms with Crippen molar-refractivity contribution in [2.24, 2.45) is 5.92 Å². The predicted octanol–water partition coefficient (Wildman–Crippen LogP) is 1.75. The van der Waals surface area contributed by atoms with Gasteiger partial charge in [0.25, 0.3) is 0 Å². The number of aliphatic carboxylic acids is 1. The molecule has 0 aliphatic heterocycles. The molecule has 0 radical (unpaired) electrons. The van der Waals surface area contributed by atoms with E-state index in [0.717, 1.165) is 10.7 Å². The van der Waals surface area contributed by atoms with Crippen molar-refractivity contribution in [2.45, 2.75) is 39.8 Å². The number of hydrogen-bond acceptors (Lipinski definition) is 4. The van der Waals surface area contributed by atoms with E-state index in [-0.39, 0.29) is 5.92 Å². The fraction of sp³-hybridized carbons (Fsp3) is 0.583. The van der Waals surface area contributed by atoms with Crippen molar-refractivity contribution in [3.63, 3.8) is 0 Å². The topological polar surface area (TPSA) is 91.3 Å². The van der Waals surface area contributed by atoms with Crippen LogP contribution in [0.3, 0.4) is 0 Å². The Morgan fingerprint density at radius 2 is 2.21 bits per heavy atom. The average molecular weight is 285 g/mol. The summed E-state index contributed by atoms with van der Waals surface area (Å²) >= 11 is 1.46. The molecule has 1 heterocycles. The first-order valence-corrected chi connectivity index (χ1v) is 7.00. The second-order valence-corrected chi connectivity index (χ2v) is 5.35. The number of nitrogens with zero attached hydrogens (tertiary/aromatic N) is 1. The number of carbonyl (C=O) groups excluding carboxylic acids is 1. The summed E-state index contributed by atoms with van der Waals surface area (Å²) in [6.45, 7) is 5.86. The molecular weight excluding hydrogens is 266 g/mol. The van der Waals surface area contributed by atoms with Gasteiger partial charge in [-0.1, -0.05) is 20.3 Å². The zero-order valence-corrected chi connectivity index (χ0v) is 12.1. The summed E-state index contributed by atoms with van der Waals surface area (Å²) in [4.78, 5) is 26.9. The number of carboxylic acids is 1. The van der Waals surface area contributed by atoms with Gasteiger partial charge in [-0.3, -0.25) is 0 Å². The van der Waals surface area contributed by atoms with Gasteiger partial charge >= 0.3 is 12.0 Å². The van der Waals surface area contributed by atoms with Crippen LogP contribution < -0.4 is 10.6 Å². The summed E-state index contributed by atoms with van der Waals surface area (Å²) in [6.07, 6.45) is 0.683. The molecule has 0 aromatic carbocycles. The van der Waals surface area contributed by atoms with Crippen LogP contribution in [0.4, 0.5) is 4.79 Å². The SMILES string of the molecule is CC[C@H](C)[C@H](NC(=O)NCc1nc(C)cs1)C(=O)O. The van der Waals surface area contributed by atoms with Gasteiger partial charge in [0.15, 0.2) is 0 Å². The van der Waals surface area contributed by atoms with Gasteiger partial charge in [-0.2, -0.15) is 0 Å². The number of aromatic nitrogens is 1. The fourth-order valence-corrected chi connectivity index (χ4v) is 2.23. The van der Waals surface area contributed by atoms with Crippen molar-refractivity contribution in [3.05, 3.63) is 16.1 Å². The number of carbonyl (C=O) groups is 2. The van der Waals surface area contributed by atoms with Crippen molar-refractivity contribution in [2.75, 3.05) is 0 Å². The molecule has 0 aliphatic rings. The molecule has 0 fully saturated rings. The summed E-state index contributed by atoms with van der Waals surface area (Å²) in [5.74, 6) is -1.14. The third-order valence-electron chi connectivity index (χ3n) is 2.83. The molecule has 0 saturated carbocycles. The molecule has 0 spiro atoms. The lowest BCUT2D eigenvalue weighted by molar-refractivity contribution is -0.140. The highest BCUT2D eigenvalue weighted by Crippen LogP contribution is 2.09. The number of aryl methyl sites for hydroxylation is 1. The maximum atomic E-state index is 11.6. The summed E-state index contributed by atoms with van der Waals surface area (Å²) in [5.41, 5.74) is 0.908. The molecule has 0 saturated heterocycles. The monoisotopic (exact) mass is 285 g/mol. The highest BCUT2D eigenvalue weighted by atomic mass is 32.1. The van der Waals surface area contributed by atoms with E-state index >= 15 is 0 Å². The fourth-order valence-electron chi connectivity index (χ4n) is 1.52. The first-order chi connectivity index (χ1) is 8.93. The van der Waals surface area contributed by atoms with Crippen LogP contribution in [0.15, 0.2) is 5.38 Å². The first kappa shape index (κ1) is 15.4. The van der Waals surface area contributed by atoms with Crippen molar-refractivity contribution >= 4 is 23.3 Å². The van der Waals surface area contributed by atoms with E-state index < -0.39 is 18.0 Å². The highest BCUT2D eigenvalue weighted by molar-refractivity contribution is 7.09. The number of thiazole rings is 1. The summed E-state index contributed by atoms with van der Waals surface area (Å²) in [5, 5.41) is 16.8. The van der Waals surface area contributed by atoms with Gasteiger partial charge in [-0.05, 0) is 12.8 Å². The maximum absolute atomic E-state index is 11.6. The van der Waals surface area contributed by atoms with E-state index in [0.29, 0.717) is 13.0 Å². The van der Waals surface area contributed by atoms with Gasteiger partial charge in [0.1, 0.15) is 11.0 Å². The van der Waals surface area contributed by atoms with Crippen LogP contribution in [0.5, 0.6) is 0 Å². The first-order valence-electron chi connectivity index (χ1n) is 6.12. The Morgan fingerprint density at radius 1 is 1.53 bits per heavy atom. The van der Waals surface area contributed by atoms with Gasteiger partial charge < -0.3 is 15.7 Å². The lowest BCUT2D eigenvalue weighted by atomic mass is 9.99. The molecule has 0 unspecified atom stereocenters. The van der Waals surface area contributed by atoms with E-state index in [2.05, 4.69) is 15.6 Å². The van der Waals surface area contributed by atoms with Crippen molar-refractivity contribution in [1.82, 2.24) is 15.6 Å². The summed E-state index contributed by atoms with van der Waals surface area (Å²) < 4.78 is 0. The maximum Gasteiger partial charge on any atom is 0.326 e. The minimum absolute atomic E-state index is 0.120. The van der Waals surface area contributed by atoms with Crippen LogP contribution in [0.2, 0.25) is 0 Å². The second kappa shape index (κ2) is 7.08. The van der Waals surface area contributed by atoms with Gasteiger partial charge in [-0.15, -0.1) is 11.3 Å². The highest BCUT2D eigenvalue weighted by Gasteiger charge is 2.25. The standard InChI is InChI=1S/C12H19N3O3S/c1-4-7(2)10(11(16)17)15-12(18)13-5-9-14-8(3)6-19-9/h6-7,10H,4-5H2,1-3H3,(H,16,17)(H2,13,15,18)/t7-,10-/m0/s1. The van der Waals surface area contributed by atoms with Crippen LogP contribution >= 0.6 is 11.3 Å². The van der Waals surface area contributed by atoms with Gasteiger partial charge in [0, 0.05) is 11.1 Å². The predicted molar refractivity (Wildman–Crippen MR) is 73.1 cm³/mol. The van der Waals surface area contributed by atoms with E-state index in [1.165, 1.54) is 11.3 Å². The minimum Gasteiger partial charge on any atom is -0.480 e. The van der Waals surface area contributed by atoms with Gasteiger partial charge in [-0.25, -0.2) is 14.6 Å². The van der Waals surface area contributed by atoms with E-state index in [1.807, 2.05) is 19.2 Å². The number of rotatable bonds is 6. The van der Waals surface area contributed by atoms with E-state index in [9.17, 15) is 9.59 Å². The molecule has 0 aliphatic carbocycles. The molecule has 7 heteroatoms. The van der Waals surface area contributed by atoms with Crippen LogP contribution in [-0.2, 0) is 11.3 Å². The molecule has 0 bridgehead atoms. The normalized spacial score (nSPS) is 13.6. The number of urea groups is 1. The number of carboxylic acid groups (broad SMARTS) is 1. The van der Waals surface area contributed by atoms with Crippen LogP contribution in [0.25, 0.3) is 0 Å². The quantitative estimate of drug-likeness (QED) is 0.742. The summed E-state index contributed by atoms with van der Waals surface area (Å²) in [7, 11) is 0. The Kier molecular flexibility index (Phi) is 5.75. The smallest absolute Gasteiger partial charge is 0.326 e. The minimum atomic E-state index is -1.02. The molecule has 1 aromatic heterocycles. The Bertz CT molecular complexity index is 447. The third kappa shape index (κ3) is 4.86. The zero-order valence-electron chi connectivity index (χ0n) is 11.3. The third-order valence-corrected chi connectivity index (χ3v) is 3.80. The largest absolute Gasteiger partial charge is 0.480 e. The van der Waals surface area contributed by atoms with Crippen LogP contribution in [0.1, 0.15) is 31.0 Å². The Morgan fingerprint density at radius 3 is 2.68 bits per heavy atom. The molecular formula is C12H19N3O3S. The van der Waals surface area contributed by atoms with E-state index in [4.69, 9.17) is 5.11 Å². The van der Waals surface area contributed by atoms with Gasteiger partial charge in [0.2, 0.25) is 0 Å². The zero-order chi connectivity index (χ0) is 14.4. The van der Waals surface area contributed by atoms with Gasteiger partial charge in [0.05, 0.1) is 6.54 Å². The number of amides is 2. The molecule has 106 valence electrons. The van der Waals surface area contributed by atoms with Crippen LogP contribution in [0, 0.1) is 12.8 Å². The lowest BCUT2D eigenvalue weighted by Gasteiger charge is -2.20. The summed E-state index contributed by atoms with van der Waals surface area (Å²) in [6, 6.07) is -1.36. The molecule has 1 aromatic rings. The average Bonchev–Trinajstić information content (AvgIpc) is 2.78. The van der Waals surface area contributed by atoms with E-state index in [1.54, 1.807) is 6.92 Å². The van der Waals surface area contributed by atoms with Crippen LogP contribution in [-0.4, -0.2) is 28.1 Å². The molecule has 2 atom stereocenters. The number of hydrogen-bond donors (Lipinski definition) is 3. The molecule has 1 rings (SSSR count). The molecule has 6 nitrogen and oxygen atoms in total. The van der Waals surface area contributed by atoms with Crippen molar-refractivity contribution < 1.29 is 14.7 Å². The number of nitrogens with one attached hydrogen (secondary N) is 2. The molecule has 3 N–H and O–H groups in total. The Labute approximate surface area is 116 Å². The lowest BCUT2D eigenvalue weighted by Crippen LogP contribution is -2.48. The van der Waals surface area contributed by atoms with Crippen molar-refractivity contribution in [1.29, 1.82) is 0 Å². The Hall–Kier alpha value is -1.63.